The average molecular weight is 558 g/mol. The van der Waals surface area contributed by atoms with Crippen LogP contribution in [0.25, 0.3) is 11.1 Å². The van der Waals surface area contributed by atoms with Crippen molar-refractivity contribution in [1.82, 2.24) is 10.3 Å². The number of ether oxygens (including phenoxy) is 2. The molecule has 1 aliphatic rings. The number of aromatic nitrogens is 1. The van der Waals surface area contributed by atoms with E-state index in [1.165, 1.54) is 11.3 Å². The van der Waals surface area contributed by atoms with E-state index < -0.39 is 11.5 Å². The van der Waals surface area contributed by atoms with Crippen molar-refractivity contribution in [2.45, 2.75) is 38.1 Å². The second-order valence-electron chi connectivity index (χ2n) is 9.95. The number of methoxy groups -OCH3 is 1. The standard InChI is InChI=1S/C31H31N3O5S/c1-31(19-28(35)34-30-32-15-16-40-30)25-18-27(26(38-2)17-23(25)13-14-33-31)39-24-10-8-22(9-11-24)21-6-3-20(4-7-21)5-12-29(36)37/h3-4,6-11,15-18,33H,5,12-14,19H2,1-2H3,(H,36,37)(H,32,34,35)/t31-/m1/s1. The van der Waals surface area contributed by atoms with Gasteiger partial charge in [-0.05, 0) is 71.8 Å². The van der Waals surface area contributed by atoms with Crippen LogP contribution in [-0.4, -0.2) is 35.6 Å². The van der Waals surface area contributed by atoms with Crippen LogP contribution < -0.4 is 20.1 Å². The smallest absolute Gasteiger partial charge is 0.303 e. The Labute approximate surface area is 237 Å². The zero-order valence-electron chi connectivity index (χ0n) is 22.4. The van der Waals surface area contributed by atoms with Gasteiger partial charge in [-0.2, -0.15) is 0 Å². The van der Waals surface area contributed by atoms with Crippen LogP contribution in [0.3, 0.4) is 0 Å². The Balaban J connectivity index is 1.33. The lowest BCUT2D eigenvalue weighted by Crippen LogP contribution is -2.47. The Kier molecular flexibility index (Phi) is 8.14. The van der Waals surface area contributed by atoms with Gasteiger partial charge in [-0.25, -0.2) is 4.98 Å². The third-order valence-corrected chi connectivity index (χ3v) is 7.77. The number of carboxylic acids is 1. The van der Waals surface area contributed by atoms with Crippen LogP contribution >= 0.6 is 11.3 Å². The lowest BCUT2D eigenvalue weighted by molar-refractivity contribution is -0.137. The molecule has 1 amide bonds. The number of benzene rings is 3. The predicted molar refractivity (Wildman–Crippen MR) is 155 cm³/mol. The van der Waals surface area contributed by atoms with Crippen LogP contribution in [0.1, 0.15) is 36.5 Å². The van der Waals surface area contributed by atoms with Crippen molar-refractivity contribution in [3.63, 3.8) is 0 Å². The summed E-state index contributed by atoms with van der Waals surface area (Å²) in [4.78, 5) is 27.8. The summed E-state index contributed by atoms with van der Waals surface area (Å²) >= 11 is 1.39. The van der Waals surface area contributed by atoms with E-state index in [1.54, 1.807) is 13.3 Å². The average Bonchev–Trinajstić information content (AvgIpc) is 3.45. The lowest BCUT2D eigenvalue weighted by Gasteiger charge is -2.37. The molecule has 9 heteroatoms. The number of carbonyl (C=O) groups is 2. The second kappa shape index (κ2) is 11.9. The van der Waals surface area contributed by atoms with Gasteiger partial charge in [-0.1, -0.05) is 36.4 Å². The van der Waals surface area contributed by atoms with Gasteiger partial charge in [0.15, 0.2) is 16.6 Å². The third kappa shape index (κ3) is 6.32. The molecule has 8 nitrogen and oxygen atoms in total. The minimum Gasteiger partial charge on any atom is -0.493 e. The molecule has 2 heterocycles. The van der Waals surface area contributed by atoms with Gasteiger partial charge in [-0.3, -0.25) is 9.59 Å². The van der Waals surface area contributed by atoms with Crippen molar-refractivity contribution in [3.05, 3.63) is 88.9 Å². The highest BCUT2D eigenvalue weighted by atomic mass is 32.1. The molecule has 0 saturated heterocycles. The van der Waals surface area contributed by atoms with E-state index in [4.69, 9.17) is 14.6 Å². The number of amides is 1. The van der Waals surface area contributed by atoms with Gasteiger partial charge < -0.3 is 25.2 Å². The van der Waals surface area contributed by atoms with Crippen molar-refractivity contribution >= 4 is 28.3 Å². The van der Waals surface area contributed by atoms with Crippen LogP contribution in [0.4, 0.5) is 5.13 Å². The van der Waals surface area contributed by atoms with E-state index in [9.17, 15) is 9.59 Å². The van der Waals surface area contributed by atoms with Crippen LogP contribution in [0.15, 0.2) is 72.2 Å². The Hall–Kier alpha value is -4.21. The zero-order chi connectivity index (χ0) is 28.1. The molecular weight excluding hydrogens is 526 g/mol. The number of aryl methyl sites for hydroxylation is 1. The number of rotatable bonds is 10. The van der Waals surface area contributed by atoms with E-state index in [2.05, 4.69) is 15.6 Å². The number of aliphatic carboxylic acids is 1. The fourth-order valence-electron chi connectivity index (χ4n) is 5.02. The first-order chi connectivity index (χ1) is 19.3. The Morgan fingerprint density at radius 1 is 1.07 bits per heavy atom. The molecule has 1 atom stereocenters. The largest absolute Gasteiger partial charge is 0.493 e. The summed E-state index contributed by atoms with van der Waals surface area (Å²) in [7, 11) is 1.62. The quantitative estimate of drug-likeness (QED) is 0.219. The molecule has 1 aliphatic heterocycles. The van der Waals surface area contributed by atoms with Gasteiger partial charge in [0.25, 0.3) is 0 Å². The van der Waals surface area contributed by atoms with Crippen molar-refractivity contribution < 1.29 is 24.2 Å². The summed E-state index contributed by atoms with van der Waals surface area (Å²) in [6, 6.07) is 19.7. The van der Waals surface area contributed by atoms with Crippen molar-refractivity contribution in [3.8, 4) is 28.4 Å². The molecule has 0 spiro atoms. The molecule has 0 bridgehead atoms. The summed E-state index contributed by atoms with van der Waals surface area (Å²) < 4.78 is 12.0. The number of hydrogen-bond donors (Lipinski definition) is 3. The maximum Gasteiger partial charge on any atom is 0.303 e. The van der Waals surface area contributed by atoms with E-state index in [-0.39, 0.29) is 18.7 Å². The molecule has 4 aromatic rings. The van der Waals surface area contributed by atoms with Gasteiger partial charge in [0.05, 0.1) is 7.11 Å². The van der Waals surface area contributed by atoms with Gasteiger partial charge >= 0.3 is 5.97 Å². The molecule has 0 fully saturated rings. The van der Waals surface area contributed by atoms with Gasteiger partial charge in [0.1, 0.15) is 5.75 Å². The van der Waals surface area contributed by atoms with E-state index in [1.807, 2.05) is 73.0 Å². The zero-order valence-corrected chi connectivity index (χ0v) is 23.2. The number of nitrogens with one attached hydrogen (secondary N) is 2. The number of fused-ring (bicyclic) bond motifs is 1. The number of anilines is 1. The molecular formula is C31H31N3O5S. The number of carboxylic acid groups (broad SMARTS) is 1. The van der Waals surface area contributed by atoms with Gasteiger partial charge in [0.2, 0.25) is 5.91 Å². The number of hydrogen-bond acceptors (Lipinski definition) is 7. The maximum absolute atomic E-state index is 12.9. The topological polar surface area (TPSA) is 110 Å². The van der Waals surface area contributed by atoms with E-state index in [0.29, 0.717) is 28.8 Å². The van der Waals surface area contributed by atoms with Crippen LogP contribution in [0, 0.1) is 0 Å². The Morgan fingerprint density at radius 2 is 1.80 bits per heavy atom. The summed E-state index contributed by atoms with van der Waals surface area (Å²) in [5.74, 6) is 0.963. The predicted octanol–water partition coefficient (Wildman–Crippen LogP) is 6.02. The van der Waals surface area contributed by atoms with Crippen LogP contribution in [-0.2, 0) is 28.0 Å². The van der Waals surface area contributed by atoms with Gasteiger partial charge in [-0.15, -0.1) is 11.3 Å². The molecule has 1 aromatic heterocycles. The van der Waals surface area contributed by atoms with Crippen molar-refractivity contribution in [1.29, 1.82) is 0 Å². The first kappa shape index (κ1) is 27.4. The summed E-state index contributed by atoms with van der Waals surface area (Å²) in [5, 5.41) is 17.7. The van der Waals surface area contributed by atoms with Crippen molar-refractivity contribution in [2.24, 2.45) is 0 Å². The van der Waals surface area contributed by atoms with Crippen molar-refractivity contribution in [2.75, 3.05) is 19.0 Å². The first-order valence-corrected chi connectivity index (χ1v) is 14.0. The number of thiazole rings is 1. The molecule has 0 aliphatic carbocycles. The minimum absolute atomic E-state index is 0.110. The highest BCUT2D eigenvalue weighted by Gasteiger charge is 2.35. The first-order valence-electron chi connectivity index (χ1n) is 13.1. The van der Waals surface area contributed by atoms with Crippen LogP contribution in [0.2, 0.25) is 0 Å². The SMILES string of the molecule is COc1cc2c(cc1Oc1ccc(-c3ccc(CCC(=O)O)cc3)cc1)[C@@](C)(CC(=O)Nc1nccs1)NCC2. The second-order valence-corrected chi connectivity index (χ2v) is 10.8. The molecule has 0 unspecified atom stereocenters. The summed E-state index contributed by atoms with van der Waals surface area (Å²) in [6.07, 6.45) is 3.36. The molecule has 0 saturated carbocycles. The molecule has 5 rings (SSSR count). The van der Waals surface area contributed by atoms with Crippen LogP contribution in [0.5, 0.6) is 17.2 Å². The maximum atomic E-state index is 12.9. The molecule has 0 radical (unpaired) electrons. The molecule has 206 valence electrons. The number of nitrogens with zero attached hydrogens (tertiary/aromatic N) is 1. The van der Waals surface area contributed by atoms with E-state index >= 15 is 0 Å². The Bertz CT molecular complexity index is 1490. The fourth-order valence-corrected chi connectivity index (χ4v) is 5.56. The highest BCUT2D eigenvalue weighted by Crippen LogP contribution is 2.41. The normalized spacial score (nSPS) is 16.1. The molecule has 3 N–H and O–H groups in total. The number of carbonyl (C=O) groups excluding carboxylic acids is 1. The summed E-state index contributed by atoms with van der Waals surface area (Å²) in [5.41, 5.74) is 4.60. The molecule has 40 heavy (non-hydrogen) atoms. The minimum atomic E-state index is -0.798. The lowest BCUT2D eigenvalue weighted by atomic mass is 9.81. The Morgan fingerprint density at radius 3 is 2.45 bits per heavy atom. The molecule has 3 aromatic carbocycles. The van der Waals surface area contributed by atoms with Gasteiger partial charge in [0, 0.05) is 36.5 Å². The van der Waals surface area contributed by atoms with E-state index in [0.717, 1.165) is 40.8 Å². The third-order valence-electron chi connectivity index (χ3n) is 7.08. The monoisotopic (exact) mass is 557 g/mol. The highest BCUT2D eigenvalue weighted by molar-refractivity contribution is 7.13. The fraction of sp³-hybridized carbons (Fsp3) is 0.258. The summed E-state index contributed by atoms with van der Waals surface area (Å²) in [6.45, 7) is 2.78.